The number of carbonyl (C=O) groups is 1. The molecule has 6 nitrogen and oxygen atoms in total. The molecule has 1 fully saturated rings. The highest BCUT2D eigenvalue weighted by molar-refractivity contribution is 5.92. The predicted molar refractivity (Wildman–Crippen MR) is 94.4 cm³/mol. The van der Waals surface area contributed by atoms with Gasteiger partial charge in [0.15, 0.2) is 5.82 Å². The van der Waals surface area contributed by atoms with Gasteiger partial charge in [0.25, 0.3) is 0 Å². The van der Waals surface area contributed by atoms with Crippen LogP contribution in [-0.4, -0.2) is 26.7 Å². The third-order valence-electron chi connectivity index (χ3n) is 3.84. The van der Waals surface area contributed by atoms with Crippen LogP contribution in [0.2, 0.25) is 0 Å². The third-order valence-corrected chi connectivity index (χ3v) is 3.84. The van der Waals surface area contributed by atoms with E-state index in [-0.39, 0.29) is 42.7 Å². The second-order valence-corrected chi connectivity index (χ2v) is 5.47. The van der Waals surface area contributed by atoms with Gasteiger partial charge in [0.05, 0.1) is 11.9 Å². The lowest BCUT2D eigenvalue weighted by atomic mass is 9.85. The Labute approximate surface area is 147 Å². The van der Waals surface area contributed by atoms with E-state index in [1.165, 1.54) is 0 Å². The number of rotatable bonds is 3. The van der Waals surface area contributed by atoms with Crippen molar-refractivity contribution in [3.05, 3.63) is 36.8 Å². The fraction of sp³-hybridized carbons (Fsp3) is 0.400. The maximum absolute atomic E-state index is 12.2. The molecule has 2 atom stereocenters. The summed E-state index contributed by atoms with van der Waals surface area (Å²) in [6, 6.07) is 5.65. The van der Waals surface area contributed by atoms with Crippen molar-refractivity contribution in [2.24, 2.45) is 11.7 Å². The number of halogens is 2. The van der Waals surface area contributed by atoms with Gasteiger partial charge in [-0.3, -0.25) is 4.79 Å². The molecular formula is C15H21Cl2N5O. The number of aromatic nitrogens is 3. The minimum atomic E-state index is 0. The van der Waals surface area contributed by atoms with E-state index in [4.69, 9.17) is 5.73 Å². The average Bonchev–Trinajstić information content (AvgIpc) is 3.02. The van der Waals surface area contributed by atoms with E-state index < -0.39 is 0 Å². The number of nitrogens with zero attached hydrogens (tertiary/aromatic N) is 3. The quantitative estimate of drug-likeness (QED) is 0.883. The van der Waals surface area contributed by atoms with Crippen LogP contribution < -0.4 is 11.1 Å². The molecule has 2 heterocycles. The Hall–Kier alpha value is -1.63. The highest BCUT2D eigenvalue weighted by atomic mass is 35.5. The minimum absolute atomic E-state index is 0. The molecule has 8 heteroatoms. The summed E-state index contributed by atoms with van der Waals surface area (Å²) >= 11 is 0. The Balaban J connectivity index is 0.00000132. The average molecular weight is 358 g/mol. The first kappa shape index (κ1) is 19.4. The minimum Gasteiger partial charge on any atom is -0.328 e. The van der Waals surface area contributed by atoms with Crippen LogP contribution in [0.15, 0.2) is 36.8 Å². The molecule has 23 heavy (non-hydrogen) atoms. The number of hydrogen-bond acceptors (Lipinski definition) is 4. The van der Waals surface area contributed by atoms with Crippen molar-refractivity contribution in [3.8, 4) is 5.82 Å². The maximum Gasteiger partial charge on any atom is 0.227 e. The van der Waals surface area contributed by atoms with Gasteiger partial charge in [-0.2, -0.15) is 5.10 Å². The Morgan fingerprint density at radius 3 is 2.74 bits per heavy atom. The summed E-state index contributed by atoms with van der Waals surface area (Å²) < 4.78 is 1.67. The van der Waals surface area contributed by atoms with Crippen LogP contribution in [0.5, 0.6) is 0 Å². The SMILES string of the molecule is Cl.Cl.NC1CCCC(C(=O)Nc2ccc(-n3cccn3)nc2)C1. The largest absolute Gasteiger partial charge is 0.328 e. The number of amides is 1. The molecule has 126 valence electrons. The number of anilines is 1. The molecule has 1 saturated carbocycles. The standard InChI is InChI=1S/C15H19N5O.2ClH/c16-12-4-1-3-11(9-12)15(21)19-13-5-6-14(17-10-13)20-8-2-7-18-20;;/h2,5-8,10-12H,1,3-4,9,16H2,(H,19,21);2*1H. The van der Waals surface area contributed by atoms with E-state index in [2.05, 4.69) is 15.4 Å². The second-order valence-electron chi connectivity index (χ2n) is 5.47. The van der Waals surface area contributed by atoms with Crippen molar-refractivity contribution in [1.29, 1.82) is 0 Å². The van der Waals surface area contributed by atoms with Gasteiger partial charge in [-0.1, -0.05) is 6.42 Å². The van der Waals surface area contributed by atoms with Gasteiger partial charge < -0.3 is 11.1 Å². The van der Waals surface area contributed by atoms with E-state index in [9.17, 15) is 4.79 Å². The summed E-state index contributed by atoms with van der Waals surface area (Å²) in [6.45, 7) is 0. The second kappa shape index (κ2) is 8.86. The van der Waals surface area contributed by atoms with Gasteiger partial charge in [-0.25, -0.2) is 9.67 Å². The van der Waals surface area contributed by atoms with E-state index in [0.717, 1.165) is 31.5 Å². The first-order valence-corrected chi connectivity index (χ1v) is 7.25. The zero-order chi connectivity index (χ0) is 14.7. The molecule has 1 aliphatic carbocycles. The van der Waals surface area contributed by atoms with E-state index in [1.807, 2.05) is 24.4 Å². The molecule has 2 aromatic rings. The summed E-state index contributed by atoms with van der Waals surface area (Å²) in [6.07, 6.45) is 8.90. The van der Waals surface area contributed by atoms with Gasteiger partial charge in [-0.05, 0) is 37.5 Å². The highest BCUT2D eigenvalue weighted by Gasteiger charge is 2.25. The molecule has 0 bridgehead atoms. The Morgan fingerprint density at radius 1 is 1.30 bits per heavy atom. The molecule has 3 rings (SSSR count). The fourth-order valence-electron chi connectivity index (χ4n) is 2.71. The summed E-state index contributed by atoms with van der Waals surface area (Å²) in [7, 11) is 0. The lowest BCUT2D eigenvalue weighted by molar-refractivity contribution is -0.120. The molecular weight excluding hydrogens is 337 g/mol. The number of pyridine rings is 1. The van der Waals surface area contributed by atoms with Crippen molar-refractivity contribution in [3.63, 3.8) is 0 Å². The molecule has 3 N–H and O–H groups in total. The molecule has 2 aromatic heterocycles. The van der Waals surface area contributed by atoms with Gasteiger partial charge in [-0.15, -0.1) is 24.8 Å². The maximum atomic E-state index is 12.2. The topological polar surface area (TPSA) is 85.8 Å². The smallest absolute Gasteiger partial charge is 0.227 e. The van der Waals surface area contributed by atoms with Crippen LogP contribution in [0.25, 0.3) is 5.82 Å². The first-order valence-electron chi connectivity index (χ1n) is 7.25. The number of carbonyl (C=O) groups excluding carboxylic acids is 1. The Morgan fingerprint density at radius 2 is 2.13 bits per heavy atom. The summed E-state index contributed by atoms with van der Waals surface area (Å²) in [5.41, 5.74) is 6.63. The number of nitrogens with two attached hydrogens (primary N) is 1. The number of nitrogens with one attached hydrogen (secondary N) is 1. The Bertz CT molecular complexity index is 603. The van der Waals surface area contributed by atoms with Gasteiger partial charge >= 0.3 is 0 Å². The number of hydrogen-bond donors (Lipinski definition) is 2. The molecule has 0 spiro atoms. The van der Waals surface area contributed by atoms with Crippen molar-refractivity contribution in [1.82, 2.24) is 14.8 Å². The molecule has 2 unspecified atom stereocenters. The van der Waals surface area contributed by atoms with Crippen molar-refractivity contribution < 1.29 is 4.79 Å². The van der Waals surface area contributed by atoms with Crippen LogP contribution in [0.4, 0.5) is 5.69 Å². The monoisotopic (exact) mass is 357 g/mol. The van der Waals surface area contributed by atoms with E-state index in [1.54, 1.807) is 17.1 Å². The van der Waals surface area contributed by atoms with E-state index >= 15 is 0 Å². The van der Waals surface area contributed by atoms with Crippen LogP contribution in [0.3, 0.4) is 0 Å². The summed E-state index contributed by atoms with van der Waals surface area (Å²) in [5.74, 6) is 0.774. The van der Waals surface area contributed by atoms with Crippen molar-refractivity contribution in [2.75, 3.05) is 5.32 Å². The molecule has 0 aliphatic heterocycles. The van der Waals surface area contributed by atoms with Gasteiger partial charge in [0, 0.05) is 24.4 Å². The Kier molecular flexibility index (Phi) is 7.48. The normalized spacial score (nSPS) is 20.0. The zero-order valence-electron chi connectivity index (χ0n) is 12.6. The molecule has 0 aromatic carbocycles. The molecule has 1 amide bonds. The molecule has 1 aliphatic rings. The van der Waals surface area contributed by atoms with Crippen molar-refractivity contribution in [2.45, 2.75) is 31.7 Å². The fourth-order valence-corrected chi connectivity index (χ4v) is 2.71. The lowest BCUT2D eigenvalue weighted by Crippen LogP contribution is -2.34. The zero-order valence-corrected chi connectivity index (χ0v) is 14.2. The first-order chi connectivity index (χ1) is 10.2. The lowest BCUT2D eigenvalue weighted by Gasteiger charge is -2.25. The van der Waals surface area contributed by atoms with Crippen LogP contribution in [-0.2, 0) is 4.79 Å². The molecule has 0 saturated heterocycles. The van der Waals surface area contributed by atoms with Gasteiger partial charge in [0.1, 0.15) is 0 Å². The van der Waals surface area contributed by atoms with Crippen LogP contribution in [0, 0.1) is 5.92 Å². The van der Waals surface area contributed by atoms with Crippen molar-refractivity contribution >= 4 is 36.4 Å². The predicted octanol–water partition coefficient (Wildman–Crippen LogP) is 2.57. The highest BCUT2D eigenvalue weighted by Crippen LogP contribution is 2.24. The van der Waals surface area contributed by atoms with E-state index in [0.29, 0.717) is 5.69 Å². The third kappa shape index (κ3) is 4.92. The summed E-state index contributed by atoms with van der Waals surface area (Å²) in [4.78, 5) is 16.5. The summed E-state index contributed by atoms with van der Waals surface area (Å²) in [5, 5.41) is 7.03. The van der Waals surface area contributed by atoms with Crippen LogP contribution in [0.1, 0.15) is 25.7 Å². The van der Waals surface area contributed by atoms with Crippen LogP contribution >= 0.6 is 24.8 Å². The molecule has 0 radical (unpaired) electrons. The van der Waals surface area contributed by atoms with Gasteiger partial charge in [0.2, 0.25) is 5.91 Å².